The Hall–Kier alpha value is -2.79. The first-order valence-electron chi connectivity index (χ1n) is 10.2. The number of nitrogens with one attached hydrogen (secondary N) is 1. The molecule has 1 heterocycles. The van der Waals surface area contributed by atoms with Crippen molar-refractivity contribution in [3.05, 3.63) is 71.8 Å². The molecule has 1 saturated heterocycles. The van der Waals surface area contributed by atoms with Gasteiger partial charge in [-0.3, -0.25) is 9.59 Å². The van der Waals surface area contributed by atoms with Gasteiger partial charge in [0.05, 0.1) is 0 Å². The lowest BCUT2D eigenvalue weighted by atomic mass is 9.92. The molecule has 1 aliphatic rings. The van der Waals surface area contributed by atoms with E-state index in [2.05, 4.69) is 11.9 Å². The van der Waals surface area contributed by atoms with Gasteiger partial charge in [0.1, 0.15) is 12.4 Å². The van der Waals surface area contributed by atoms with Gasteiger partial charge < -0.3 is 15.0 Å². The number of halogens is 1. The number of ether oxygens (including phenoxy) is 1. The predicted molar refractivity (Wildman–Crippen MR) is 120 cm³/mol. The normalized spacial score (nSPS) is 16.0. The minimum Gasteiger partial charge on any atom is -0.490 e. The fourth-order valence-corrected chi connectivity index (χ4v) is 3.76. The standard InChI is InChI=1S/C24H27ClN2O3/c1-2-15-30-22-7-3-6-19(16-22)24(29)27-14-4-5-18(17-27)8-13-23(28)26-21-11-9-20(25)10-12-21/h2-3,6-7,9-12,16,18H,1,4-5,8,13-15,17H2,(H,26,28). The molecule has 3 rings (SSSR count). The lowest BCUT2D eigenvalue weighted by molar-refractivity contribution is -0.116. The molecule has 30 heavy (non-hydrogen) atoms. The minimum absolute atomic E-state index is 0.00867. The van der Waals surface area contributed by atoms with Crippen molar-refractivity contribution in [1.82, 2.24) is 4.90 Å². The van der Waals surface area contributed by atoms with E-state index in [0.717, 1.165) is 31.5 Å². The Morgan fingerprint density at radius 3 is 2.80 bits per heavy atom. The summed E-state index contributed by atoms with van der Waals surface area (Å²) in [7, 11) is 0. The molecule has 0 spiro atoms. The molecule has 2 aromatic rings. The van der Waals surface area contributed by atoms with E-state index in [9.17, 15) is 9.59 Å². The van der Waals surface area contributed by atoms with Crippen LogP contribution < -0.4 is 10.1 Å². The SMILES string of the molecule is C=CCOc1cccc(C(=O)N2CCCC(CCC(=O)Nc3ccc(Cl)cc3)C2)c1. The number of likely N-dealkylation sites (tertiary alicyclic amines) is 1. The van der Waals surface area contributed by atoms with E-state index in [4.69, 9.17) is 16.3 Å². The van der Waals surface area contributed by atoms with Crippen LogP contribution in [-0.2, 0) is 4.79 Å². The number of anilines is 1. The number of rotatable bonds is 8. The summed E-state index contributed by atoms with van der Waals surface area (Å²) in [6, 6.07) is 14.3. The van der Waals surface area contributed by atoms with Gasteiger partial charge in [0.25, 0.3) is 5.91 Å². The first kappa shape index (κ1) is 21.9. The Morgan fingerprint density at radius 1 is 1.23 bits per heavy atom. The van der Waals surface area contributed by atoms with E-state index < -0.39 is 0 Å². The van der Waals surface area contributed by atoms with E-state index in [1.54, 1.807) is 36.4 Å². The second-order valence-corrected chi connectivity index (χ2v) is 7.92. The van der Waals surface area contributed by atoms with Gasteiger partial charge in [-0.1, -0.05) is 30.3 Å². The van der Waals surface area contributed by atoms with E-state index in [0.29, 0.717) is 41.8 Å². The third kappa shape index (κ3) is 6.36. The van der Waals surface area contributed by atoms with Crippen molar-refractivity contribution in [3.63, 3.8) is 0 Å². The Kier molecular flexibility index (Phi) is 7.91. The lowest BCUT2D eigenvalue weighted by Gasteiger charge is -2.33. The quantitative estimate of drug-likeness (QED) is 0.592. The number of piperidine rings is 1. The van der Waals surface area contributed by atoms with Crippen molar-refractivity contribution < 1.29 is 14.3 Å². The maximum atomic E-state index is 12.9. The van der Waals surface area contributed by atoms with Crippen molar-refractivity contribution in [2.75, 3.05) is 25.0 Å². The van der Waals surface area contributed by atoms with Gasteiger partial charge in [-0.2, -0.15) is 0 Å². The van der Waals surface area contributed by atoms with Gasteiger partial charge in [0.2, 0.25) is 5.91 Å². The molecule has 1 N–H and O–H groups in total. The monoisotopic (exact) mass is 426 g/mol. The molecule has 0 bridgehead atoms. The molecule has 158 valence electrons. The molecular weight excluding hydrogens is 400 g/mol. The van der Waals surface area contributed by atoms with Crippen molar-refractivity contribution in [1.29, 1.82) is 0 Å². The van der Waals surface area contributed by atoms with Crippen LogP contribution >= 0.6 is 11.6 Å². The van der Waals surface area contributed by atoms with E-state index in [-0.39, 0.29) is 11.8 Å². The number of hydrogen-bond donors (Lipinski definition) is 1. The van der Waals surface area contributed by atoms with Crippen LogP contribution in [0.2, 0.25) is 5.02 Å². The highest BCUT2D eigenvalue weighted by Gasteiger charge is 2.25. The second-order valence-electron chi connectivity index (χ2n) is 7.48. The number of amides is 2. The van der Waals surface area contributed by atoms with Crippen LogP contribution in [0.25, 0.3) is 0 Å². The molecule has 0 aliphatic carbocycles. The Labute approximate surface area is 182 Å². The van der Waals surface area contributed by atoms with Gasteiger partial charge in [0.15, 0.2) is 0 Å². The topological polar surface area (TPSA) is 58.6 Å². The zero-order chi connectivity index (χ0) is 21.3. The fraction of sp³-hybridized carbons (Fsp3) is 0.333. The van der Waals surface area contributed by atoms with Gasteiger partial charge in [-0.05, 0) is 67.6 Å². The van der Waals surface area contributed by atoms with Crippen molar-refractivity contribution in [2.45, 2.75) is 25.7 Å². The molecule has 6 heteroatoms. The minimum atomic E-state index is -0.0205. The Balaban J connectivity index is 1.51. The predicted octanol–water partition coefficient (Wildman–Crippen LogP) is 5.18. The fourth-order valence-electron chi connectivity index (χ4n) is 3.63. The zero-order valence-electron chi connectivity index (χ0n) is 17.0. The highest BCUT2D eigenvalue weighted by molar-refractivity contribution is 6.30. The third-order valence-corrected chi connectivity index (χ3v) is 5.41. The first-order chi connectivity index (χ1) is 14.5. The molecule has 2 amide bonds. The molecule has 1 aliphatic heterocycles. The summed E-state index contributed by atoms with van der Waals surface area (Å²) in [6.45, 7) is 5.45. The number of hydrogen-bond acceptors (Lipinski definition) is 3. The van der Waals surface area contributed by atoms with Crippen molar-refractivity contribution >= 4 is 29.1 Å². The molecule has 0 radical (unpaired) electrons. The number of benzene rings is 2. The third-order valence-electron chi connectivity index (χ3n) is 5.16. The van der Waals surface area contributed by atoms with Crippen LogP contribution in [0, 0.1) is 5.92 Å². The molecule has 5 nitrogen and oxygen atoms in total. The summed E-state index contributed by atoms with van der Waals surface area (Å²) in [5, 5.41) is 3.53. The zero-order valence-corrected chi connectivity index (χ0v) is 17.7. The summed E-state index contributed by atoms with van der Waals surface area (Å²) < 4.78 is 5.53. The maximum absolute atomic E-state index is 12.9. The second kappa shape index (κ2) is 10.8. The Bertz CT molecular complexity index is 882. The summed E-state index contributed by atoms with van der Waals surface area (Å²) in [5.74, 6) is 0.967. The van der Waals surface area contributed by atoms with Gasteiger partial charge in [-0.25, -0.2) is 0 Å². The number of carbonyl (C=O) groups is 2. The molecule has 1 atom stereocenters. The van der Waals surface area contributed by atoms with Crippen LogP contribution in [-0.4, -0.2) is 36.4 Å². The number of nitrogens with zero attached hydrogens (tertiary/aromatic N) is 1. The van der Waals surface area contributed by atoms with Crippen molar-refractivity contribution in [3.8, 4) is 5.75 Å². The maximum Gasteiger partial charge on any atom is 0.253 e. The molecular formula is C24H27ClN2O3. The van der Waals surface area contributed by atoms with E-state index in [1.807, 2.05) is 23.1 Å². The molecule has 1 unspecified atom stereocenters. The van der Waals surface area contributed by atoms with Crippen LogP contribution in [0.1, 0.15) is 36.0 Å². The molecule has 0 aromatic heterocycles. The van der Waals surface area contributed by atoms with Crippen LogP contribution in [0.4, 0.5) is 5.69 Å². The van der Waals surface area contributed by atoms with Gasteiger partial charge >= 0.3 is 0 Å². The summed E-state index contributed by atoms with van der Waals surface area (Å²) in [5.41, 5.74) is 1.36. The first-order valence-corrected chi connectivity index (χ1v) is 10.6. The average molecular weight is 427 g/mol. The van der Waals surface area contributed by atoms with Crippen LogP contribution in [0.5, 0.6) is 5.75 Å². The average Bonchev–Trinajstić information content (AvgIpc) is 2.78. The molecule has 2 aromatic carbocycles. The van der Waals surface area contributed by atoms with Crippen LogP contribution in [0.3, 0.4) is 0 Å². The molecule has 1 fully saturated rings. The smallest absolute Gasteiger partial charge is 0.253 e. The van der Waals surface area contributed by atoms with Crippen LogP contribution in [0.15, 0.2) is 61.2 Å². The highest BCUT2D eigenvalue weighted by Crippen LogP contribution is 2.24. The summed E-state index contributed by atoms with van der Waals surface area (Å²) in [6.07, 6.45) is 4.83. The van der Waals surface area contributed by atoms with Crippen molar-refractivity contribution in [2.24, 2.45) is 5.92 Å². The largest absolute Gasteiger partial charge is 0.490 e. The number of carbonyl (C=O) groups excluding carboxylic acids is 2. The molecule has 0 saturated carbocycles. The summed E-state index contributed by atoms with van der Waals surface area (Å²) in [4.78, 5) is 27.1. The van der Waals surface area contributed by atoms with E-state index in [1.165, 1.54) is 0 Å². The lowest BCUT2D eigenvalue weighted by Crippen LogP contribution is -2.40. The van der Waals surface area contributed by atoms with Gasteiger partial charge in [0, 0.05) is 35.8 Å². The Morgan fingerprint density at radius 2 is 2.03 bits per heavy atom. The highest BCUT2D eigenvalue weighted by atomic mass is 35.5. The summed E-state index contributed by atoms with van der Waals surface area (Å²) >= 11 is 5.87. The van der Waals surface area contributed by atoms with Gasteiger partial charge in [-0.15, -0.1) is 0 Å². The van der Waals surface area contributed by atoms with E-state index >= 15 is 0 Å².